The van der Waals surface area contributed by atoms with E-state index in [1.54, 1.807) is 0 Å². The van der Waals surface area contributed by atoms with Crippen molar-refractivity contribution in [1.82, 2.24) is 0 Å². The number of rotatable bonds is 4. The van der Waals surface area contributed by atoms with Gasteiger partial charge in [0.2, 0.25) is 0 Å². The van der Waals surface area contributed by atoms with Gasteiger partial charge in [-0.2, -0.15) is 0 Å². The third kappa shape index (κ3) is 3.96. The third-order valence-electron chi connectivity index (χ3n) is 2.64. The second-order valence-electron chi connectivity index (χ2n) is 4.45. The van der Waals surface area contributed by atoms with E-state index < -0.39 is 0 Å². The number of ether oxygens (including phenoxy) is 1. The van der Waals surface area contributed by atoms with Crippen molar-refractivity contribution in [3.8, 4) is 11.5 Å². The van der Waals surface area contributed by atoms with Crippen LogP contribution in [0.25, 0.3) is 0 Å². The van der Waals surface area contributed by atoms with E-state index in [1.807, 2.05) is 49.4 Å². The molecule has 4 heteroatoms. The van der Waals surface area contributed by atoms with E-state index in [9.17, 15) is 0 Å². The van der Waals surface area contributed by atoms with E-state index >= 15 is 0 Å². The Morgan fingerprint density at radius 2 is 1.89 bits per heavy atom. The summed E-state index contributed by atoms with van der Waals surface area (Å²) < 4.78 is 6.90. The summed E-state index contributed by atoms with van der Waals surface area (Å²) in [5.41, 5.74) is 6.80. The largest absolute Gasteiger partial charge is 0.457 e. The van der Waals surface area contributed by atoms with Crippen molar-refractivity contribution in [3.05, 3.63) is 57.5 Å². The molecule has 0 amide bonds. The molecule has 1 unspecified atom stereocenters. The third-order valence-corrected chi connectivity index (χ3v) is 3.53. The molecule has 0 saturated carbocycles. The molecule has 1 atom stereocenters. The van der Waals surface area contributed by atoms with E-state index in [4.69, 9.17) is 22.1 Å². The molecular formula is C15H15BrClNO. The summed E-state index contributed by atoms with van der Waals surface area (Å²) >= 11 is 9.62. The Morgan fingerprint density at radius 3 is 2.53 bits per heavy atom. The molecule has 100 valence electrons. The van der Waals surface area contributed by atoms with Crippen molar-refractivity contribution in [2.75, 3.05) is 0 Å². The molecule has 0 saturated heterocycles. The molecule has 0 aromatic heterocycles. The number of benzene rings is 2. The van der Waals surface area contributed by atoms with E-state index in [-0.39, 0.29) is 6.04 Å². The van der Waals surface area contributed by atoms with Crippen LogP contribution in [0.3, 0.4) is 0 Å². The lowest BCUT2D eigenvalue weighted by atomic mass is 10.1. The lowest BCUT2D eigenvalue weighted by molar-refractivity contribution is 0.474. The van der Waals surface area contributed by atoms with Crippen LogP contribution in [0.2, 0.25) is 5.02 Å². The van der Waals surface area contributed by atoms with Gasteiger partial charge in [0.05, 0.1) is 0 Å². The Kier molecular flexibility index (Phi) is 4.86. The first-order valence-corrected chi connectivity index (χ1v) is 7.20. The Labute approximate surface area is 126 Å². The SMILES string of the molecule is CC(N)Cc1c(Cl)cccc1Oc1ccc(Br)cc1. The zero-order chi connectivity index (χ0) is 13.8. The van der Waals surface area contributed by atoms with Crippen LogP contribution in [-0.2, 0) is 6.42 Å². The van der Waals surface area contributed by atoms with E-state index in [2.05, 4.69) is 15.9 Å². The molecule has 0 heterocycles. The highest BCUT2D eigenvalue weighted by Gasteiger charge is 2.11. The van der Waals surface area contributed by atoms with Crippen molar-refractivity contribution in [2.24, 2.45) is 5.73 Å². The molecule has 0 aliphatic rings. The van der Waals surface area contributed by atoms with Gasteiger partial charge < -0.3 is 10.5 Å². The van der Waals surface area contributed by atoms with Crippen LogP contribution in [0.15, 0.2) is 46.9 Å². The van der Waals surface area contributed by atoms with Gasteiger partial charge in [0, 0.05) is 21.1 Å². The van der Waals surface area contributed by atoms with Gasteiger partial charge in [-0.3, -0.25) is 0 Å². The molecule has 2 rings (SSSR count). The van der Waals surface area contributed by atoms with Crippen LogP contribution >= 0.6 is 27.5 Å². The molecule has 0 radical (unpaired) electrons. The number of halogens is 2. The molecule has 2 nitrogen and oxygen atoms in total. The van der Waals surface area contributed by atoms with Crippen molar-refractivity contribution >= 4 is 27.5 Å². The summed E-state index contributed by atoms with van der Waals surface area (Å²) in [5.74, 6) is 1.53. The predicted molar refractivity (Wildman–Crippen MR) is 83.0 cm³/mol. The zero-order valence-corrected chi connectivity index (χ0v) is 12.9. The molecule has 0 aliphatic heterocycles. The minimum absolute atomic E-state index is 0.0344. The van der Waals surface area contributed by atoms with Crippen molar-refractivity contribution in [2.45, 2.75) is 19.4 Å². The zero-order valence-electron chi connectivity index (χ0n) is 10.6. The summed E-state index contributed by atoms with van der Waals surface area (Å²) in [4.78, 5) is 0. The minimum atomic E-state index is 0.0344. The molecule has 19 heavy (non-hydrogen) atoms. The molecule has 0 aliphatic carbocycles. The average Bonchev–Trinajstić information content (AvgIpc) is 2.36. The average molecular weight is 341 g/mol. The fourth-order valence-corrected chi connectivity index (χ4v) is 2.29. The fourth-order valence-electron chi connectivity index (χ4n) is 1.78. The highest BCUT2D eigenvalue weighted by atomic mass is 79.9. The summed E-state index contributed by atoms with van der Waals surface area (Å²) in [5, 5.41) is 0.687. The molecule has 2 aromatic rings. The standard InChI is InChI=1S/C15H15BrClNO/c1-10(18)9-13-14(17)3-2-4-15(13)19-12-7-5-11(16)6-8-12/h2-8,10H,9,18H2,1H3. The van der Waals surface area contributed by atoms with Gasteiger partial charge in [-0.15, -0.1) is 0 Å². The van der Waals surface area contributed by atoms with Crippen LogP contribution in [0.4, 0.5) is 0 Å². The summed E-state index contributed by atoms with van der Waals surface area (Å²) in [7, 11) is 0. The van der Waals surface area contributed by atoms with E-state index in [1.165, 1.54) is 0 Å². The van der Waals surface area contributed by atoms with Gasteiger partial charge in [-0.05, 0) is 49.7 Å². The lowest BCUT2D eigenvalue weighted by Gasteiger charge is -2.14. The van der Waals surface area contributed by atoms with Gasteiger partial charge in [0.25, 0.3) is 0 Å². The topological polar surface area (TPSA) is 35.2 Å². The molecule has 2 aromatic carbocycles. The molecular weight excluding hydrogens is 326 g/mol. The molecule has 0 fully saturated rings. The quantitative estimate of drug-likeness (QED) is 0.869. The monoisotopic (exact) mass is 339 g/mol. The second kappa shape index (κ2) is 6.42. The summed E-state index contributed by atoms with van der Waals surface area (Å²) in [6, 6.07) is 13.4. The Balaban J connectivity index is 2.29. The molecule has 0 spiro atoms. The van der Waals surface area contributed by atoms with Crippen LogP contribution in [-0.4, -0.2) is 6.04 Å². The van der Waals surface area contributed by atoms with Crippen molar-refractivity contribution < 1.29 is 4.74 Å². The van der Waals surface area contributed by atoms with Crippen LogP contribution in [0, 0.1) is 0 Å². The normalized spacial score (nSPS) is 12.2. The lowest BCUT2D eigenvalue weighted by Crippen LogP contribution is -2.18. The van der Waals surface area contributed by atoms with E-state index in [0.717, 1.165) is 21.5 Å². The second-order valence-corrected chi connectivity index (χ2v) is 5.78. The highest BCUT2D eigenvalue weighted by Crippen LogP contribution is 2.31. The Hall–Kier alpha value is -1.03. The minimum Gasteiger partial charge on any atom is -0.457 e. The maximum atomic E-state index is 6.22. The maximum Gasteiger partial charge on any atom is 0.132 e. The van der Waals surface area contributed by atoms with Gasteiger partial charge in [0.1, 0.15) is 11.5 Å². The number of hydrogen-bond acceptors (Lipinski definition) is 2. The Morgan fingerprint density at radius 1 is 1.21 bits per heavy atom. The number of nitrogens with two attached hydrogens (primary N) is 1. The predicted octanol–water partition coefficient (Wildman–Crippen LogP) is 4.78. The van der Waals surface area contributed by atoms with Gasteiger partial charge in [0.15, 0.2) is 0 Å². The fraction of sp³-hybridized carbons (Fsp3) is 0.200. The van der Waals surface area contributed by atoms with Crippen LogP contribution in [0.5, 0.6) is 11.5 Å². The smallest absolute Gasteiger partial charge is 0.132 e. The maximum absolute atomic E-state index is 6.22. The van der Waals surface area contributed by atoms with Crippen LogP contribution < -0.4 is 10.5 Å². The van der Waals surface area contributed by atoms with Crippen molar-refractivity contribution in [1.29, 1.82) is 0 Å². The summed E-state index contributed by atoms with van der Waals surface area (Å²) in [6.07, 6.45) is 0.686. The number of hydrogen-bond donors (Lipinski definition) is 1. The van der Waals surface area contributed by atoms with E-state index in [0.29, 0.717) is 11.4 Å². The van der Waals surface area contributed by atoms with Crippen LogP contribution in [0.1, 0.15) is 12.5 Å². The first-order chi connectivity index (χ1) is 9.06. The first kappa shape index (κ1) is 14.4. The van der Waals surface area contributed by atoms with Gasteiger partial charge >= 0.3 is 0 Å². The van der Waals surface area contributed by atoms with Gasteiger partial charge in [-0.25, -0.2) is 0 Å². The Bertz CT molecular complexity index is 555. The molecule has 0 bridgehead atoms. The molecule has 2 N–H and O–H groups in total. The first-order valence-electron chi connectivity index (χ1n) is 6.02. The van der Waals surface area contributed by atoms with Crippen molar-refractivity contribution in [3.63, 3.8) is 0 Å². The summed E-state index contributed by atoms with van der Waals surface area (Å²) in [6.45, 7) is 1.95. The van der Waals surface area contributed by atoms with Gasteiger partial charge in [-0.1, -0.05) is 33.6 Å². The highest BCUT2D eigenvalue weighted by molar-refractivity contribution is 9.10.